The molecule has 1 heterocycles. The van der Waals surface area contributed by atoms with Gasteiger partial charge in [-0.05, 0) is 37.5 Å². The van der Waals surface area contributed by atoms with Crippen LogP contribution in [0.2, 0.25) is 0 Å². The zero-order valence-electron chi connectivity index (χ0n) is 12.5. The highest BCUT2D eigenvalue weighted by atomic mass is 16.5. The van der Waals surface area contributed by atoms with E-state index < -0.39 is 0 Å². The molecule has 1 saturated heterocycles. The molecule has 21 heavy (non-hydrogen) atoms. The summed E-state index contributed by atoms with van der Waals surface area (Å²) >= 11 is 0. The van der Waals surface area contributed by atoms with Crippen molar-refractivity contribution in [3.63, 3.8) is 0 Å². The topological polar surface area (TPSA) is 61.8 Å². The van der Waals surface area contributed by atoms with E-state index in [9.17, 15) is 4.79 Å². The Balaban J connectivity index is 1.72. The highest BCUT2D eigenvalue weighted by Gasteiger charge is 2.21. The summed E-state index contributed by atoms with van der Waals surface area (Å²) in [5.41, 5.74) is 1.98. The molecular formula is C16H24N2O3. The lowest BCUT2D eigenvalue weighted by Crippen LogP contribution is -2.41. The first-order valence-electron chi connectivity index (χ1n) is 7.48. The monoisotopic (exact) mass is 292 g/mol. The number of aliphatic hydroxyl groups excluding tert-OH is 1. The van der Waals surface area contributed by atoms with Gasteiger partial charge in [0.1, 0.15) is 0 Å². The molecule has 0 atom stereocenters. The Bertz CT molecular complexity index is 457. The number of anilines is 1. The third-order valence-corrected chi connectivity index (χ3v) is 3.65. The number of likely N-dealkylation sites (tertiary alicyclic amines) is 1. The molecule has 1 amide bonds. The fraction of sp³-hybridized carbons (Fsp3) is 0.562. The van der Waals surface area contributed by atoms with Crippen molar-refractivity contribution >= 4 is 11.6 Å². The van der Waals surface area contributed by atoms with Crippen molar-refractivity contribution in [1.29, 1.82) is 0 Å². The summed E-state index contributed by atoms with van der Waals surface area (Å²) in [5.74, 6) is 0.0235. The second-order valence-corrected chi connectivity index (χ2v) is 5.49. The van der Waals surface area contributed by atoms with Gasteiger partial charge in [-0.25, -0.2) is 0 Å². The van der Waals surface area contributed by atoms with Gasteiger partial charge in [0, 0.05) is 18.8 Å². The lowest BCUT2D eigenvalue weighted by molar-refractivity contribution is -0.118. The molecule has 0 unspecified atom stereocenters. The van der Waals surface area contributed by atoms with Crippen molar-refractivity contribution in [2.75, 3.05) is 38.2 Å². The second kappa shape index (κ2) is 8.12. The van der Waals surface area contributed by atoms with E-state index in [1.807, 2.05) is 31.2 Å². The molecular weight excluding hydrogens is 268 g/mol. The van der Waals surface area contributed by atoms with Gasteiger partial charge >= 0.3 is 0 Å². The summed E-state index contributed by atoms with van der Waals surface area (Å²) < 4.78 is 5.52. The van der Waals surface area contributed by atoms with E-state index in [0.717, 1.165) is 37.2 Å². The van der Waals surface area contributed by atoms with Gasteiger partial charge in [0.15, 0.2) is 0 Å². The molecule has 2 N–H and O–H groups in total. The highest BCUT2D eigenvalue weighted by Crippen LogP contribution is 2.14. The molecule has 1 aliphatic rings. The minimum absolute atomic E-state index is 0.0235. The van der Waals surface area contributed by atoms with Crippen LogP contribution in [0.5, 0.6) is 0 Å². The number of ether oxygens (including phenoxy) is 1. The van der Waals surface area contributed by atoms with Crippen LogP contribution in [0.3, 0.4) is 0 Å². The molecule has 5 nitrogen and oxygen atoms in total. The summed E-state index contributed by atoms with van der Waals surface area (Å²) in [4.78, 5) is 14.2. The zero-order chi connectivity index (χ0) is 15.1. The van der Waals surface area contributed by atoms with Crippen molar-refractivity contribution in [1.82, 2.24) is 4.90 Å². The van der Waals surface area contributed by atoms with Crippen LogP contribution in [-0.2, 0) is 9.53 Å². The predicted octanol–water partition coefficient (Wildman–Crippen LogP) is 1.41. The van der Waals surface area contributed by atoms with Crippen LogP contribution in [0.1, 0.15) is 18.4 Å². The minimum atomic E-state index is 0.0235. The van der Waals surface area contributed by atoms with Gasteiger partial charge in [0.05, 0.1) is 25.9 Å². The second-order valence-electron chi connectivity index (χ2n) is 5.49. The van der Waals surface area contributed by atoms with E-state index in [2.05, 4.69) is 10.2 Å². The number of hydrogen-bond acceptors (Lipinski definition) is 4. The molecule has 5 heteroatoms. The van der Waals surface area contributed by atoms with Gasteiger partial charge in [-0.15, -0.1) is 0 Å². The highest BCUT2D eigenvalue weighted by molar-refractivity contribution is 5.92. The van der Waals surface area contributed by atoms with Crippen LogP contribution in [0.25, 0.3) is 0 Å². The largest absolute Gasteiger partial charge is 0.394 e. The third kappa shape index (κ3) is 5.46. The van der Waals surface area contributed by atoms with Crippen LogP contribution >= 0.6 is 0 Å². The van der Waals surface area contributed by atoms with Gasteiger partial charge in [-0.3, -0.25) is 9.69 Å². The first kappa shape index (κ1) is 15.9. The van der Waals surface area contributed by atoms with Crippen molar-refractivity contribution in [3.8, 4) is 0 Å². The van der Waals surface area contributed by atoms with Crippen LogP contribution in [0.15, 0.2) is 24.3 Å². The van der Waals surface area contributed by atoms with Crippen LogP contribution in [0.4, 0.5) is 5.69 Å². The van der Waals surface area contributed by atoms with Crippen LogP contribution in [-0.4, -0.2) is 54.9 Å². The molecule has 1 aromatic carbocycles. The zero-order valence-corrected chi connectivity index (χ0v) is 12.5. The molecule has 0 aromatic heterocycles. The summed E-state index contributed by atoms with van der Waals surface area (Å²) in [6.07, 6.45) is 2.04. The Hall–Kier alpha value is -1.43. The maximum Gasteiger partial charge on any atom is 0.238 e. The standard InChI is InChI=1S/C16H24N2O3/c1-13-3-2-4-14(11-13)17-16(20)12-18-7-5-15(6-8-18)21-10-9-19/h2-4,11,15,19H,5-10,12H2,1H3,(H,17,20). The number of rotatable bonds is 6. The van der Waals surface area contributed by atoms with Crippen molar-refractivity contribution in [2.24, 2.45) is 0 Å². The van der Waals surface area contributed by atoms with Gasteiger partial charge in [-0.2, -0.15) is 0 Å². The number of carbonyl (C=O) groups excluding carboxylic acids is 1. The number of aryl methyl sites for hydroxylation is 1. The van der Waals surface area contributed by atoms with Gasteiger partial charge < -0.3 is 15.2 Å². The Kier molecular flexibility index (Phi) is 6.17. The normalized spacial score (nSPS) is 16.9. The number of hydrogen-bond donors (Lipinski definition) is 2. The number of nitrogens with one attached hydrogen (secondary N) is 1. The fourth-order valence-electron chi connectivity index (χ4n) is 2.58. The fourth-order valence-corrected chi connectivity index (χ4v) is 2.58. The van der Waals surface area contributed by atoms with E-state index in [4.69, 9.17) is 9.84 Å². The Labute approximate surface area is 125 Å². The first-order valence-corrected chi connectivity index (χ1v) is 7.48. The minimum Gasteiger partial charge on any atom is -0.394 e. The average Bonchev–Trinajstić information content (AvgIpc) is 2.46. The first-order chi connectivity index (χ1) is 10.2. The molecule has 0 radical (unpaired) electrons. The summed E-state index contributed by atoms with van der Waals surface area (Å²) in [6, 6.07) is 7.81. The molecule has 1 aliphatic heterocycles. The average molecular weight is 292 g/mol. The number of piperidine rings is 1. The van der Waals surface area contributed by atoms with Crippen molar-refractivity contribution in [3.05, 3.63) is 29.8 Å². The number of aliphatic hydroxyl groups is 1. The van der Waals surface area contributed by atoms with E-state index in [1.54, 1.807) is 0 Å². The Morgan fingerprint density at radius 2 is 2.19 bits per heavy atom. The van der Waals surface area contributed by atoms with Crippen LogP contribution in [0, 0.1) is 6.92 Å². The van der Waals surface area contributed by atoms with Gasteiger partial charge in [0.25, 0.3) is 0 Å². The molecule has 1 fully saturated rings. The Morgan fingerprint density at radius 3 is 2.86 bits per heavy atom. The van der Waals surface area contributed by atoms with Crippen molar-refractivity contribution < 1.29 is 14.6 Å². The summed E-state index contributed by atoms with van der Waals surface area (Å²) in [7, 11) is 0. The third-order valence-electron chi connectivity index (χ3n) is 3.65. The molecule has 0 bridgehead atoms. The molecule has 2 rings (SSSR count). The lowest BCUT2D eigenvalue weighted by Gasteiger charge is -2.31. The SMILES string of the molecule is Cc1cccc(NC(=O)CN2CCC(OCCO)CC2)c1. The number of carbonyl (C=O) groups is 1. The molecule has 0 aliphatic carbocycles. The quantitative estimate of drug-likeness (QED) is 0.832. The number of benzene rings is 1. The van der Waals surface area contributed by atoms with Crippen LogP contribution < -0.4 is 5.32 Å². The maximum absolute atomic E-state index is 12.0. The predicted molar refractivity (Wildman–Crippen MR) is 82.3 cm³/mol. The number of amides is 1. The summed E-state index contributed by atoms with van der Waals surface area (Å²) in [6.45, 7) is 4.61. The summed E-state index contributed by atoms with van der Waals surface area (Å²) in [5, 5.41) is 11.7. The smallest absolute Gasteiger partial charge is 0.238 e. The Morgan fingerprint density at radius 1 is 1.43 bits per heavy atom. The number of nitrogens with zero attached hydrogens (tertiary/aromatic N) is 1. The molecule has 1 aromatic rings. The van der Waals surface area contributed by atoms with E-state index in [-0.39, 0.29) is 18.6 Å². The lowest BCUT2D eigenvalue weighted by atomic mass is 10.1. The van der Waals surface area contributed by atoms with Gasteiger partial charge in [-0.1, -0.05) is 12.1 Å². The van der Waals surface area contributed by atoms with E-state index in [0.29, 0.717) is 13.2 Å². The molecule has 116 valence electrons. The molecule has 0 spiro atoms. The maximum atomic E-state index is 12.0. The molecule has 0 saturated carbocycles. The van der Waals surface area contributed by atoms with Crippen molar-refractivity contribution in [2.45, 2.75) is 25.9 Å². The van der Waals surface area contributed by atoms with E-state index >= 15 is 0 Å². The van der Waals surface area contributed by atoms with E-state index in [1.165, 1.54) is 0 Å². The van der Waals surface area contributed by atoms with Gasteiger partial charge in [0.2, 0.25) is 5.91 Å².